The third-order valence-corrected chi connectivity index (χ3v) is 4.92. The molecule has 3 amide bonds. The van der Waals surface area contributed by atoms with Gasteiger partial charge in [-0.15, -0.1) is 0 Å². The molecular weight excluding hydrogens is 318 g/mol. The summed E-state index contributed by atoms with van der Waals surface area (Å²) in [6.07, 6.45) is 7.56. The Labute approximate surface area is 148 Å². The Morgan fingerprint density at radius 2 is 1.56 bits per heavy atom. The first-order valence-corrected chi connectivity index (χ1v) is 9.12. The molecule has 0 radical (unpaired) electrons. The highest BCUT2D eigenvalue weighted by atomic mass is 16.2. The fraction of sp³-hybridized carbons (Fsp3) is 0.526. The Morgan fingerprint density at radius 3 is 2.16 bits per heavy atom. The first-order chi connectivity index (χ1) is 12.2. The second-order valence-electron chi connectivity index (χ2n) is 6.73. The molecule has 1 fully saturated rings. The summed E-state index contributed by atoms with van der Waals surface area (Å²) in [7, 11) is 0. The van der Waals surface area contributed by atoms with Gasteiger partial charge in [-0.05, 0) is 25.0 Å². The van der Waals surface area contributed by atoms with Crippen LogP contribution in [0.4, 0.5) is 0 Å². The highest BCUT2D eigenvalue weighted by molar-refractivity contribution is 6.22. The smallest absolute Gasteiger partial charge is 0.262 e. The number of carbonyl (C=O) groups is 3. The molecule has 2 aliphatic rings. The van der Waals surface area contributed by atoms with E-state index in [0.29, 0.717) is 30.3 Å². The zero-order valence-electron chi connectivity index (χ0n) is 14.4. The molecule has 1 aromatic carbocycles. The van der Waals surface area contributed by atoms with Crippen molar-refractivity contribution in [3.8, 4) is 0 Å². The maximum Gasteiger partial charge on any atom is 0.262 e. The van der Waals surface area contributed by atoms with Crippen molar-refractivity contribution in [1.29, 1.82) is 0 Å². The predicted octanol–water partition coefficient (Wildman–Crippen LogP) is 1.71. The van der Waals surface area contributed by atoms with Gasteiger partial charge in [-0.2, -0.15) is 0 Å². The maximum absolute atomic E-state index is 12.2. The standard InChI is InChI=1S/C19H25N3O3/c23-17(21-12-11-20-14-7-3-1-2-4-8-14)13-22-18(24)15-9-5-6-10-16(15)19(22)25/h5-6,9-10,14,20H,1-4,7-8,11-13H2,(H,21,23). The first-order valence-electron chi connectivity index (χ1n) is 9.12. The van der Waals surface area contributed by atoms with E-state index >= 15 is 0 Å². The maximum atomic E-state index is 12.2. The van der Waals surface area contributed by atoms with Crippen molar-refractivity contribution in [3.05, 3.63) is 35.4 Å². The molecule has 134 valence electrons. The average Bonchev–Trinajstić information content (AvgIpc) is 2.81. The molecule has 3 rings (SSSR count). The van der Waals surface area contributed by atoms with E-state index in [1.54, 1.807) is 24.3 Å². The van der Waals surface area contributed by atoms with Crippen LogP contribution < -0.4 is 10.6 Å². The van der Waals surface area contributed by atoms with E-state index in [9.17, 15) is 14.4 Å². The topological polar surface area (TPSA) is 78.5 Å². The number of hydrogen-bond acceptors (Lipinski definition) is 4. The van der Waals surface area contributed by atoms with Crippen LogP contribution >= 0.6 is 0 Å². The molecule has 0 saturated heterocycles. The van der Waals surface area contributed by atoms with Gasteiger partial charge >= 0.3 is 0 Å². The minimum atomic E-state index is -0.396. The van der Waals surface area contributed by atoms with Crippen LogP contribution in [0.3, 0.4) is 0 Å². The molecule has 2 N–H and O–H groups in total. The first kappa shape index (κ1) is 17.6. The number of benzene rings is 1. The monoisotopic (exact) mass is 343 g/mol. The van der Waals surface area contributed by atoms with E-state index in [2.05, 4.69) is 10.6 Å². The summed E-state index contributed by atoms with van der Waals surface area (Å²) in [4.78, 5) is 37.5. The van der Waals surface area contributed by atoms with Gasteiger partial charge in [-0.3, -0.25) is 19.3 Å². The van der Waals surface area contributed by atoms with Crippen LogP contribution in [0.2, 0.25) is 0 Å². The molecule has 0 unspecified atom stereocenters. The molecule has 0 spiro atoms. The van der Waals surface area contributed by atoms with Crippen LogP contribution in [-0.4, -0.2) is 48.3 Å². The molecule has 0 atom stereocenters. The molecule has 6 nitrogen and oxygen atoms in total. The molecule has 1 aliphatic heterocycles. The number of amides is 3. The van der Waals surface area contributed by atoms with Crippen LogP contribution in [0.1, 0.15) is 59.2 Å². The molecule has 1 aliphatic carbocycles. The van der Waals surface area contributed by atoms with Crippen LogP contribution in [0.25, 0.3) is 0 Å². The number of fused-ring (bicyclic) bond motifs is 1. The fourth-order valence-corrected chi connectivity index (χ4v) is 3.54. The summed E-state index contributed by atoms with van der Waals surface area (Å²) < 4.78 is 0. The lowest BCUT2D eigenvalue weighted by atomic mass is 10.1. The van der Waals surface area contributed by atoms with E-state index in [1.165, 1.54) is 38.5 Å². The summed E-state index contributed by atoms with van der Waals surface area (Å²) in [5.74, 6) is -1.10. The van der Waals surface area contributed by atoms with Crippen molar-refractivity contribution in [1.82, 2.24) is 15.5 Å². The fourth-order valence-electron chi connectivity index (χ4n) is 3.54. The average molecular weight is 343 g/mol. The number of hydrogen-bond donors (Lipinski definition) is 2. The van der Waals surface area contributed by atoms with Crippen molar-refractivity contribution in [2.24, 2.45) is 0 Å². The number of nitrogens with zero attached hydrogens (tertiary/aromatic N) is 1. The van der Waals surface area contributed by atoms with Gasteiger partial charge < -0.3 is 10.6 Å². The molecule has 1 saturated carbocycles. The molecule has 1 heterocycles. The highest BCUT2D eigenvalue weighted by Gasteiger charge is 2.36. The van der Waals surface area contributed by atoms with Gasteiger partial charge in [-0.25, -0.2) is 0 Å². The van der Waals surface area contributed by atoms with Crippen molar-refractivity contribution >= 4 is 17.7 Å². The minimum Gasteiger partial charge on any atom is -0.353 e. The minimum absolute atomic E-state index is 0.226. The van der Waals surface area contributed by atoms with Gasteiger partial charge in [0, 0.05) is 19.1 Å². The predicted molar refractivity (Wildman–Crippen MR) is 94.3 cm³/mol. The molecule has 25 heavy (non-hydrogen) atoms. The Bertz CT molecular complexity index is 616. The van der Waals surface area contributed by atoms with Gasteiger partial charge in [0.05, 0.1) is 11.1 Å². The Kier molecular flexibility index (Phi) is 5.81. The lowest BCUT2D eigenvalue weighted by Crippen LogP contribution is -2.43. The van der Waals surface area contributed by atoms with Crippen molar-refractivity contribution in [2.45, 2.75) is 44.6 Å². The largest absolute Gasteiger partial charge is 0.353 e. The SMILES string of the molecule is O=C(CN1C(=O)c2ccccc2C1=O)NCCNC1CCCCCC1. The Morgan fingerprint density at radius 1 is 0.960 bits per heavy atom. The number of carbonyl (C=O) groups excluding carboxylic acids is 3. The normalized spacial score (nSPS) is 18.2. The van der Waals surface area contributed by atoms with E-state index in [0.717, 1.165) is 4.90 Å². The summed E-state index contributed by atoms with van der Waals surface area (Å²) in [5, 5.41) is 6.27. The number of rotatable bonds is 6. The lowest BCUT2D eigenvalue weighted by Gasteiger charge is -2.17. The second kappa shape index (κ2) is 8.25. The molecule has 1 aromatic rings. The quantitative estimate of drug-likeness (QED) is 0.468. The van der Waals surface area contributed by atoms with Gasteiger partial charge in [0.1, 0.15) is 6.54 Å². The zero-order valence-corrected chi connectivity index (χ0v) is 14.4. The molecule has 0 bridgehead atoms. The van der Waals surface area contributed by atoms with Crippen LogP contribution in [0, 0.1) is 0 Å². The number of nitrogens with one attached hydrogen (secondary N) is 2. The van der Waals surface area contributed by atoms with E-state index < -0.39 is 11.8 Å². The zero-order chi connectivity index (χ0) is 17.6. The van der Waals surface area contributed by atoms with Crippen LogP contribution in [0.5, 0.6) is 0 Å². The van der Waals surface area contributed by atoms with Crippen molar-refractivity contribution < 1.29 is 14.4 Å². The number of imide groups is 1. The van der Waals surface area contributed by atoms with Crippen LogP contribution in [-0.2, 0) is 4.79 Å². The third kappa shape index (κ3) is 4.25. The molecular formula is C19H25N3O3. The van der Waals surface area contributed by atoms with Gasteiger partial charge in [-0.1, -0.05) is 37.8 Å². The van der Waals surface area contributed by atoms with Gasteiger partial charge in [0.25, 0.3) is 11.8 Å². The van der Waals surface area contributed by atoms with Crippen molar-refractivity contribution in [2.75, 3.05) is 19.6 Å². The summed E-state index contributed by atoms with van der Waals surface area (Å²) in [5.41, 5.74) is 0.741. The summed E-state index contributed by atoms with van der Waals surface area (Å²) in [6.45, 7) is 0.979. The van der Waals surface area contributed by atoms with E-state index in [4.69, 9.17) is 0 Å². The Balaban J connectivity index is 1.41. The third-order valence-electron chi connectivity index (χ3n) is 4.92. The lowest BCUT2D eigenvalue weighted by molar-refractivity contribution is -0.121. The molecule has 6 heteroatoms. The summed E-state index contributed by atoms with van der Waals surface area (Å²) in [6, 6.07) is 7.20. The van der Waals surface area contributed by atoms with Crippen molar-refractivity contribution in [3.63, 3.8) is 0 Å². The van der Waals surface area contributed by atoms with E-state index in [1.807, 2.05) is 0 Å². The highest BCUT2D eigenvalue weighted by Crippen LogP contribution is 2.21. The van der Waals surface area contributed by atoms with E-state index in [-0.39, 0.29) is 12.5 Å². The van der Waals surface area contributed by atoms with Gasteiger partial charge in [0.2, 0.25) is 5.91 Å². The van der Waals surface area contributed by atoms with Crippen LogP contribution in [0.15, 0.2) is 24.3 Å². The van der Waals surface area contributed by atoms with Gasteiger partial charge in [0.15, 0.2) is 0 Å². The second-order valence-corrected chi connectivity index (χ2v) is 6.73. The molecule has 0 aromatic heterocycles. The summed E-state index contributed by atoms with van der Waals surface area (Å²) >= 11 is 0. The Hall–Kier alpha value is -2.21.